The van der Waals surface area contributed by atoms with Gasteiger partial charge in [0.05, 0.1) is 0 Å². The minimum absolute atomic E-state index is 0.128. The zero-order valence-corrected chi connectivity index (χ0v) is 14.2. The van der Waals surface area contributed by atoms with Gasteiger partial charge in [0.15, 0.2) is 0 Å². The molecule has 19 heavy (non-hydrogen) atoms. The van der Waals surface area contributed by atoms with E-state index in [0.717, 1.165) is 4.47 Å². The third-order valence-corrected chi connectivity index (χ3v) is 5.18. The molecule has 0 saturated heterocycles. The van der Waals surface area contributed by atoms with E-state index in [9.17, 15) is 0 Å². The predicted octanol–water partition coefficient (Wildman–Crippen LogP) is 5.45. The second-order valence-corrected chi connectivity index (χ2v) is 7.38. The summed E-state index contributed by atoms with van der Waals surface area (Å²) in [5.41, 5.74) is 10.1. The Bertz CT molecular complexity index is 563. The maximum absolute atomic E-state index is 6.23. The van der Waals surface area contributed by atoms with Crippen LogP contribution in [0.5, 0.6) is 0 Å². The Kier molecular flexibility index (Phi) is 4.49. The van der Waals surface area contributed by atoms with Gasteiger partial charge in [0.2, 0.25) is 0 Å². The second kappa shape index (κ2) is 5.78. The Balaban J connectivity index is 2.44. The number of thiophene rings is 1. The average molecular weight is 338 g/mol. The minimum Gasteiger partial charge on any atom is -0.323 e. The number of hydrogen-bond acceptors (Lipinski definition) is 2. The van der Waals surface area contributed by atoms with Crippen LogP contribution in [0.2, 0.25) is 0 Å². The van der Waals surface area contributed by atoms with Crippen molar-refractivity contribution < 1.29 is 0 Å². The fourth-order valence-electron chi connectivity index (χ4n) is 2.22. The third-order valence-electron chi connectivity index (χ3n) is 3.35. The molecule has 1 atom stereocenters. The van der Waals surface area contributed by atoms with E-state index in [1.807, 2.05) is 0 Å². The van der Waals surface area contributed by atoms with Crippen molar-refractivity contribution >= 4 is 27.3 Å². The quantitative estimate of drug-likeness (QED) is 0.791. The number of hydrogen-bond donors (Lipinski definition) is 1. The third kappa shape index (κ3) is 3.10. The summed E-state index contributed by atoms with van der Waals surface area (Å²) in [6.07, 6.45) is 0. The molecule has 102 valence electrons. The Morgan fingerprint density at radius 2 is 1.84 bits per heavy atom. The normalized spacial score (nSPS) is 13.0. The van der Waals surface area contributed by atoms with Crippen molar-refractivity contribution in [3.05, 3.63) is 44.7 Å². The van der Waals surface area contributed by atoms with Crippen molar-refractivity contribution in [2.24, 2.45) is 11.7 Å². The van der Waals surface area contributed by atoms with E-state index in [0.29, 0.717) is 5.92 Å². The van der Waals surface area contributed by atoms with Gasteiger partial charge in [-0.05, 0) is 49.1 Å². The smallest absolute Gasteiger partial charge is 0.0413 e. The maximum Gasteiger partial charge on any atom is 0.0413 e. The lowest BCUT2D eigenvalue weighted by molar-refractivity contribution is 0.521. The van der Waals surface area contributed by atoms with Crippen molar-refractivity contribution in [1.82, 2.24) is 0 Å². The van der Waals surface area contributed by atoms with Crippen molar-refractivity contribution in [2.45, 2.75) is 33.7 Å². The highest BCUT2D eigenvalue weighted by molar-refractivity contribution is 9.10. The topological polar surface area (TPSA) is 26.0 Å². The van der Waals surface area contributed by atoms with Crippen molar-refractivity contribution in [1.29, 1.82) is 0 Å². The molecule has 3 heteroatoms. The molecule has 0 aliphatic carbocycles. The van der Waals surface area contributed by atoms with Gasteiger partial charge in [0.1, 0.15) is 0 Å². The van der Waals surface area contributed by atoms with Gasteiger partial charge in [-0.25, -0.2) is 0 Å². The lowest BCUT2D eigenvalue weighted by atomic mass is 10.0. The zero-order valence-electron chi connectivity index (χ0n) is 11.8. The van der Waals surface area contributed by atoms with Crippen molar-refractivity contribution in [2.75, 3.05) is 0 Å². The number of halogens is 1. The van der Waals surface area contributed by atoms with Crippen LogP contribution < -0.4 is 5.73 Å². The van der Waals surface area contributed by atoms with Crippen LogP contribution in [-0.2, 0) is 0 Å². The molecule has 0 aliphatic rings. The molecule has 1 unspecified atom stereocenters. The first-order valence-corrected chi connectivity index (χ1v) is 8.13. The van der Waals surface area contributed by atoms with Crippen LogP contribution in [0, 0.1) is 19.8 Å². The molecule has 0 fully saturated rings. The molecule has 0 saturated carbocycles. The van der Waals surface area contributed by atoms with Crippen LogP contribution >= 0.6 is 27.3 Å². The largest absolute Gasteiger partial charge is 0.323 e. The summed E-state index contributed by atoms with van der Waals surface area (Å²) >= 11 is 5.49. The molecule has 1 nitrogen and oxygen atoms in total. The molecule has 0 radical (unpaired) electrons. The summed E-state index contributed by atoms with van der Waals surface area (Å²) in [7, 11) is 0. The van der Waals surface area contributed by atoms with E-state index in [-0.39, 0.29) is 6.04 Å². The van der Waals surface area contributed by atoms with Crippen LogP contribution in [-0.4, -0.2) is 0 Å². The standard InChI is InChI=1S/C16H20BrNS/c1-9(2)16(18)14-6-5-13(19-14)15-11(4)7-10(3)8-12(15)17/h5-9,16H,18H2,1-4H3. The highest BCUT2D eigenvalue weighted by Gasteiger charge is 2.15. The van der Waals surface area contributed by atoms with E-state index < -0.39 is 0 Å². The van der Waals surface area contributed by atoms with Gasteiger partial charge in [-0.15, -0.1) is 11.3 Å². The molecule has 1 heterocycles. The van der Waals surface area contributed by atoms with Crippen LogP contribution in [0.1, 0.15) is 35.9 Å². The van der Waals surface area contributed by atoms with Crippen LogP contribution in [0.25, 0.3) is 10.4 Å². The van der Waals surface area contributed by atoms with Gasteiger partial charge in [-0.3, -0.25) is 0 Å². The van der Waals surface area contributed by atoms with E-state index in [1.54, 1.807) is 11.3 Å². The van der Waals surface area contributed by atoms with Crippen LogP contribution in [0.3, 0.4) is 0 Å². The Hall–Kier alpha value is -0.640. The van der Waals surface area contributed by atoms with Gasteiger partial charge in [0.25, 0.3) is 0 Å². The van der Waals surface area contributed by atoms with E-state index in [4.69, 9.17) is 5.73 Å². The minimum atomic E-state index is 0.128. The molecule has 2 rings (SSSR count). The molecule has 0 amide bonds. The SMILES string of the molecule is Cc1cc(C)c(-c2ccc(C(N)C(C)C)s2)c(Br)c1. The molecular formula is C16H20BrNS. The summed E-state index contributed by atoms with van der Waals surface area (Å²) in [5.74, 6) is 0.467. The average Bonchev–Trinajstić information content (AvgIpc) is 2.75. The monoisotopic (exact) mass is 337 g/mol. The van der Waals surface area contributed by atoms with Gasteiger partial charge in [-0.2, -0.15) is 0 Å². The van der Waals surface area contributed by atoms with Gasteiger partial charge in [-0.1, -0.05) is 35.8 Å². The summed E-state index contributed by atoms with van der Waals surface area (Å²) in [6, 6.07) is 8.87. The molecular weight excluding hydrogens is 318 g/mol. The number of benzene rings is 1. The highest BCUT2D eigenvalue weighted by atomic mass is 79.9. The maximum atomic E-state index is 6.23. The van der Waals surface area contributed by atoms with E-state index in [1.165, 1.54) is 26.4 Å². The summed E-state index contributed by atoms with van der Waals surface area (Å²) in [5, 5.41) is 0. The molecule has 2 aromatic rings. The lowest BCUT2D eigenvalue weighted by Gasteiger charge is -2.13. The lowest BCUT2D eigenvalue weighted by Crippen LogP contribution is -2.14. The summed E-state index contributed by atoms with van der Waals surface area (Å²) in [4.78, 5) is 2.55. The Morgan fingerprint density at radius 3 is 2.42 bits per heavy atom. The van der Waals surface area contributed by atoms with Gasteiger partial charge < -0.3 is 5.73 Å². The first-order valence-electron chi connectivity index (χ1n) is 6.52. The fourth-order valence-corrected chi connectivity index (χ4v) is 4.55. The number of aryl methyl sites for hydroxylation is 2. The Labute approximate surface area is 128 Å². The zero-order chi connectivity index (χ0) is 14.2. The molecule has 0 aliphatic heterocycles. The molecule has 2 N–H and O–H groups in total. The van der Waals surface area contributed by atoms with Crippen molar-refractivity contribution in [3.63, 3.8) is 0 Å². The van der Waals surface area contributed by atoms with Crippen LogP contribution in [0.4, 0.5) is 0 Å². The highest BCUT2D eigenvalue weighted by Crippen LogP contribution is 2.38. The summed E-state index contributed by atoms with van der Waals surface area (Å²) in [6.45, 7) is 8.61. The molecule has 1 aromatic heterocycles. The summed E-state index contributed by atoms with van der Waals surface area (Å²) < 4.78 is 1.16. The van der Waals surface area contributed by atoms with Gasteiger partial charge >= 0.3 is 0 Å². The van der Waals surface area contributed by atoms with E-state index in [2.05, 4.69) is 67.9 Å². The molecule has 0 spiro atoms. The van der Waals surface area contributed by atoms with Crippen molar-refractivity contribution in [3.8, 4) is 10.4 Å². The molecule has 0 bridgehead atoms. The number of rotatable bonds is 3. The second-order valence-electron chi connectivity index (χ2n) is 5.41. The van der Waals surface area contributed by atoms with Crippen LogP contribution in [0.15, 0.2) is 28.7 Å². The number of nitrogens with two attached hydrogens (primary N) is 1. The first-order chi connectivity index (χ1) is 8.90. The van der Waals surface area contributed by atoms with Gasteiger partial charge in [0, 0.05) is 25.8 Å². The predicted molar refractivity (Wildman–Crippen MR) is 88.7 cm³/mol. The van der Waals surface area contributed by atoms with E-state index >= 15 is 0 Å². The Morgan fingerprint density at radius 1 is 1.16 bits per heavy atom. The fraction of sp³-hybridized carbons (Fsp3) is 0.375. The first kappa shape index (κ1) is 14.8. The molecule has 1 aromatic carbocycles.